The molecule has 0 aliphatic carbocycles. The molecule has 5 nitrogen and oxygen atoms in total. The van der Waals surface area contributed by atoms with Gasteiger partial charge < -0.3 is 10.5 Å². The lowest BCUT2D eigenvalue weighted by molar-refractivity contribution is 0.241. The number of aromatic nitrogens is 3. The van der Waals surface area contributed by atoms with E-state index >= 15 is 0 Å². The van der Waals surface area contributed by atoms with Crippen LogP contribution in [0.5, 0.6) is 5.19 Å². The summed E-state index contributed by atoms with van der Waals surface area (Å²) in [4.78, 5) is 13.7. The van der Waals surface area contributed by atoms with Crippen molar-refractivity contribution >= 4 is 28.9 Å². The molecule has 0 radical (unpaired) electrons. The van der Waals surface area contributed by atoms with Gasteiger partial charge in [-0.25, -0.2) is 15.0 Å². The van der Waals surface area contributed by atoms with Crippen LogP contribution in [0.15, 0.2) is 36.5 Å². The predicted molar refractivity (Wildman–Crippen MR) is 93.8 cm³/mol. The van der Waals surface area contributed by atoms with Gasteiger partial charge in [0.25, 0.3) is 5.19 Å². The van der Waals surface area contributed by atoms with Crippen LogP contribution in [0.1, 0.15) is 13.8 Å². The first-order chi connectivity index (χ1) is 11.0. The van der Waals surface area contributed by atoms with Crippen molar-refractivity contribution in [3.8, 4) is 27.0 Å². The predicted octanol–water partition coefficient (Wildman–Crippen LogP) is 4.29. The number of nitrogens with two attached hydrogens (primary N) is 1. The highest BCUT2D eigenvalue weighted by atomic mass is 35.5. The lowest BCUT2D eigenvalue weighted by atomic mass is 10.1. The second kappa shape index (κ2) is 6.52. The van der Waals surface area contributed by atoms with Crippen LogP contribution in [-0.2, 0) is 0 Å². The highest BCUT2D eigenvalue weighted by Gasteiger charge is 2.12. The minimum atomic E-state index is 0.0724. The van der Waals surface area contributed by atoms with E-state index in [2.05, 4.69) is 15.0 Å². The largest absolute Gasteiger partial charge is 0.467 e. The Hall–Kier alpha value is -2.18. The van der Waals surface area contributed by atoms with Crippen LogP contribution in [0.25, 0.3) is 21.8 Å². The number of rotatable bonds is 4. The zero-order valence-electron chi connectivity index (χ0n) is 12.7. The quantitative estimate of drug-likeness (QED) is 0.762. The van der Waals surface area contributed by atoms with Gasteiger partial charge in [0.15, 0.2) is 0 Å². The molecule has 3 aromatic rings. The molecule has 0 saturated carbocycles. The van der Waals surface area contributed by atoms with Gasteiger partial charge in [-0.2, -0.15) is 0 Å². The molecule has 2 N–H and O–H groups in total. The third-order valence-corrected chi connectivity index (χ3v) is 4.21. The first-order valence-corrected chi connectivity index (χ1v) is 8.24. The minimum Gasteiger partial charge on any atom is -0.467 e. The van der Waals surface area contributed by atoms with Crippen molar-refractivity contribution in [1.82, 2.24) is 15.0 Å². The smallest absolute Gasteiger partial charge is 0.274 e. The summed E-state index contributed by atoms with van der Waals surface area (Å²) in [6.07, 6.45) is 1.80. The van der Waals surface area contributed by atoms with Crippen LogP contribution in [0.3, 0.4) is 0 Å². The van der Waals surface area contributed by atoms with E-state index in [0.717, 1.165) is 10.4 Å². The summed E-state index contributed by atoms with van der Waals surface area (Å²) >= 11 is 7.66. The minimum absolute atomic E-state index is 0.0724. The molecule has 3 rings (SSSR count). The SMILES string of the molecule is CC(C)Oc1ncc(-c2cc(-c3ccccc3Cl)nc(N)n2)s1. The zero-order chi connectivity index (χ0) is 16.4. The molecule has 0 fully saturated rings. The summed E-state index contributed by atoms with van der Waals surface area (Å²) in [5.74, 6) is 0.192. The fourth-order valence-corrected chi connectivity index (χ4v) is 3.11. The van der Waals surface area contributed by atoms with Crippen LogP contribution >= 0.6 is 22.9 Å². The number of benzene rings is 1. The van der Waals surface area contributed by atoms with Gasteiger partial charge in [0.2, 0.25) is 5.95 Å². The molecule has 0 aliphatic rings. The Balaban J connectivity index is 2.01. The Morgan fingerprint density at radius 1 is 1.17 bits per heavy atom. The van der Waals surface area contributed by atoms with Crippen LogP contribution in [0, 0.1) is 0 Å². The van der Waals surface area contributed by atoms with Gasteiger partial charge in [-0.3, -0.25) is 0 Å². The van der Waals surface area contributed by atoms with Gasteiger partial charge in [0, 0.05) is 10.6 Å². The highest BCUT2D eigenvalue weighted by Crippen LogP contribution is 2.33. The summed E-state index contributed by atoms with van der Waals surface area (Å²) in [7, 11) is 0. The number of hydrogen-bond acceptors (Lipinski definition) is 6. The van der Waals surface area contributed by atoms with Gasteiger partial charge in [-0.05, 0) is 26.0 Å². The fraction of sp³-hybridized carbons (Fsp3) is 0.188. The van der Waals surface area contributed by atoms with Crippen LogP contribution in [-0.4, -0.2) is 21.1 Å². The summed E-state index contributed by atoms with van der Waals surface area (Å²) in [6.45, 7) is 3.92. The summed E-state index contributed by atoms with van der Waals surface area (Å²) in [5, 5.41) is 1.22. The topological polar surface area (TPSA) is 73.9 Å². The molecule has 2 heterocycles. The molecule has 1 aromatic carbocycles. The Kier molecular flexibility index (Phi) is 4.45. The first-order valence-electron chi connectivity index (χ1n) is 7.05. The molecule has 23 heavy (non-hydrogen) atoms. The molecule has 118 valence electrons. The van der Waals surface area contributed by atoms with Crippen molar-refractivity contribution in [2.24, 2.45) is 0 Å². The van der Waals surface area contributed by atoms with Crippen LogP contribution in [0.2, 0.25) is 5.02 Å². The van der Waals surface area contributed by atoms with E-state index in [-0.39, 0.29) is 12.1 Å². The number of thiazole rings is 1. The Morgan fingerprint density at radius 2 is 1.91 bits per heavy atom. The molecular weight excluding hydrogens is 332 g/mol. The second-order valence-corrected chi connectivity index (χ2v) is 6.53. The number of hydrogen-bond donors (Lipinski definition) is 1. The zero-order valence-corrected chi connectivity index (χ0v) is 14.2. The van der Waals surface area contributed by atoms with Gasteiger partial charge in [0.05, 0.1) is 28.6 Å². The molecule has 2 aromatic heterocycles. The van der Waals surface area contributed by atoms with Crippen molar-refractivity contribution in [3.05, 3.63) is 41.6 Å². The molecule has 0 saturated heterocycles. The van der Waals surface area contributed by atoms with E-state index in [1.807, 2.05) is 44.2 Å². The molecule has 0 bridgehead atoms. The normalized spacial score (nSPS) is 11.0. The fourth-order valence-electron chi connectivity index (χ4n) is 2.03. The third kappa shape index (κ3) is 3.60. The van der Waals surface area contributed by atoms with Crippen LogP contribution in [0.4, 0.5) is 5.95 Å². The maximum absolute atomic E-state index is 6.24. The lowest BCUT2D eigenvalue weighted by Crippen LogP contribution is -2.04. The van der Waals surface area contributed by atoms with E-state index in [0.29, 0.717) is 21.6 Å². The highest BCUT2D eigenvalue weighted by molar-refractivity contribution is 7.16. The van der Waals surface area contributed by atoms with E-state index in [4.69, 9.17) is 22.1 Å². The van der Waals surface area contributed by atoms with Crippen molar-refractivity contribution in [2.45, 2.75) is 20.0 Å². The van der Waals surface area contributed by atoms with Gasteiger partial charge in [-0.15, -0.1) is 0 Å². The lowest BCUT2D eigenvalue weighted by Gasteiger charge is -2.06. The summed E-state index contributed by atoms with van der Waals surface area (Å²) in [6, 6.07) is 9.34. The Bertz CT molecular complexity index is 834. The number of ether oxygens (including phenoxy) is 1. The Morgan fingerprint density at radius 3 is 2.65 bits per heavy atom. The molecule has 0 unspecified atom stereocenters. The van der Waals surface area contributed by atoms with Gasteiger partial charge in [0.1, 0.15) is 0 Å². The number of nitrogens with zero attached hydrogens (tertiary/aromatic N) is 3. The molecular formula is C16H15ClN4OS. The maximum atomic E-state index is 6.24. The summed E-state index contributed by atoms with van der Waals surface area (Å²) in [5.41, 5.74) is 8.05. The molecule has 0 spiro atoms. The first kappa shape index (κ1) is 15.7. The van der Waals surface area contributed by atoms with Crippen LogP contribution < -0.4 is 10.5 Å². The standard InChI is InChI=1S/C16H15ClN4OS/c1-9(2)22-16-19-8-14(23-16)13-7-12(20-15(18)21-13)10-5-3-4-6-11(10)17/h3-9H,1-2H3,(H2,18,20,21). The monoisotopic (exact) mass is 346 g/mol. The van der Waals surface area contributed by atoms with Gasteiger partial charge in [-0.1, -0.05) is 41.1 Å². The van der Waals surface area contributed by atoms with Crippen molar-refractivity contribution < 1.29 is 4.74 Å². The molecule has 7 heteroatoms. The molecule has 0 aliphatic heterocycles. The van der Waals surface area contributed by atoms with E-state index < -0.39 is 0 Å². The molecule has 0 atom stereocenters. The summed E-state index contributed by atoms with van der Waals surface area (Å²) < 4.78 is 5.59. The number of nitrogen functional groups attached to an aromatic ring is 1. The maximum Gasteiger partial charge on any atom is 0.274 e. The number of anilines is 1. The Labute approximate surface area is 143 Å². The second-order valence-electron chi connectivity index (χ2n) is 5.13. The van der Waals surface area contributed by atoms with E-state index in [1.165, 1.54) is 11.3 Å². The average molecular weight is 347 g/mol. The third-order valence-electron chi connectivity index (χ3n) is 2.97. The van der Waals surface area contributed by atoms with E-state index in [1.54, 1.807) is 6.20 Å². The number of halogens is 1. The average Bonchev–Trinajstić information content (AvgIpc) is 2.95. The molecule has 0 amide bonds. The van der Waals surface area contributed by atoms with Gasteiger partial charge >= 0.3 is 0 Å². The van der Waals surface area contributed by atoms with Crippen molar-refractivity contribution in [3.63, 3.8) is 0 Å². The van der Waals surface area contributed by atoms with Crippen molar-refractivity contribution in [2.75, 3.05) is 5.73 Å². The van der Waals surface area contributed by atoms with Crippen molar-refractivity contribution in [1.29, 1.82) is 0 Å². The van der Waals surface area contributed by atoms with E-state index in [9.17, 15) is 0 Å².